The lowest BCUT2D eigenvalue weighted by atomic mass is 10.0. The third-order valence-electron chi connectivity index (χ3n) is 4.21. The molecule has 3 nitrogen and oxygen atoms in total. The molecule has 0 unspecified atom stereocenters. The Morgan fingerprint density at radius 3 is 2.54 bits per heavy atom. The zero-order valence-corrected chi connectivity index (χ0v) is 14.9. The van der Waals surface area contributed by atoms with Crippen molar-refractivity contribution in [2.24, 2.45) is 0 Å². The van der Waals surface area contributed by atoms with Crippen LogP contribution in [0.4, 0.5) is 0 Å². The molecular formula is C19H20Cl2N2O. The summed E-state index contributed by atoms with van der Waals surface area (Å²) in [5, 5.41) is 4.06. The first kappa shape index (κ1) is 17.3. The van der Waals surface area contributed by atoms with E-state index >= 15 is 0 Å². The first-order valence-electron chi connectivity index (χ1n) is 8.13. The molecular weight excluding hydrogens is 343 g/mol. The Morgan fingerprint density at radius 1 is 1.12 bits per heavy atom. The van der Waals surface area contributed by atoms with Crippen molar-refractivity contribution >= 4 is 29.1 Å². The van der Waals surface area contributed by atoms with E-state index in [2.05, 4.69) is 34.5 Å². The zero-order valence-electron chi connectivity index (χ0n) is 13.3. The SMILES string of the molecule is O=C(N[C@@H]1CCCN(Cc2ccccc2)C1)c1cc(Cl)cc(Cl)c1. The van der Waals surface area contributed by atoms with Gasteiger partial charge in [0.15, 0.2) is 0 Å². The van der Waals surface area contributed by atoms with E-state index in [0.29, 0.717) is 15.6 Å². The first-order chi connectivity index (χ1) is 11.6. The summed E-state index contributed by atoms with van der Waals surface area (Å²) in [5.41, 5.74) is 1.80. The first-order valence-corrected chi connectivity index (χ1v) is 8.89. The number of carbonyl (C=O) groups excluding carboxylic acids is 1. The lowest BCUT2D eigenvalue weighted by Gasteiger charge is -2.33. The lowest BCUT2D eigenvalue weighted by Crippen LogP contribution is -2.47. The van der Waals surface area contributed by atoms with Crippen LogP contribution in [0.5, 0.6) is 0 Å². The Bertz CT molecular complexity index is 686. The molecule has 0 bridgehead atoms. The summed E-state index contributed by atoms with van der Waals surface area (Å²) in [6.45, 7) is 2.83. The van der Waals surface area contributed by atoms with Gasteiger partial charge in [0.25, 0.3) is 5.91 Å². The minimum atomic E-state index is -0.119. The van der Waals surface area contributed by atoms with Crippen LogP contribution in [0.2, 0.25) is 10.0 Å². The van der Waals surface area contributed by atoms with Crippen LogP contribution in [-0.2, 0) is 6.54 Å². The quantitative estimate of drug-likeness (QED) is 0.874. The van der Waals surface area contributed by atoms with Crippen LogP contribution in [0.1, 0.15) is 28.8 Å². The Balaban J connectivity index is 1.59. The van der Waals surface area contributed by atoms with Gasteiger partial charge in [-0.1, -0.05) is 53.5 Å². The molecule has 1 aliphatic rings. The second-order valence-electron chi connectivity index (χ2n) is 6.19. The molecule has 24 heavy (non-hydrogen) atoms. The molecule has 1 saturated heterocycles. The molecule has 1 amide bonds. The van der Waals surface area contributed by atoms with Crippen LogP contribution in [0, 0.1) is 0 Å². The average molecular weight is 363 g/mol. The van der Waals surface area contributed by atoms with Crippen LogP contribution in [-0.4, -0.2) is 29.9 Å². The molecule has 1 N–H and O–H groups in total. The van der Waals surface area contributed by atoms with Crippen molar-refractivity contribution in [2.45, 2.75) is 25.4 Å². The normalized spacial score (nSPS) is 18.3. The second kappa shape index (κ2) is 8.02. The number of nitrogens with zero attached hydrogens (tertiary/aromatic N) is 1. The second-order valence-corrected chi connectivity index (χ2v) is 7.06. The van der Waals surface area contributed by atoms with Gasteiger partial charge in [0.2, 0.25) is 0 Å². The third-order valence-corrected chi connectivity index (χ3v) is 4.65. The van der Waals surface area contributed by atoms with E-state index in [1.807, 2.05) is 6.07 Å². The maximum Gasteiger partial charge on any atom is 0.251 e. The van der Waals surface area contributed by atoms with Crippen LogP contribution < -0.4 is 5.32 Å². The summed E-state index contributed by atoms with van der Waals surface area (Å²) >= 11 is 12.0. The van der Waals surface area contributed by atoms with Gasteiger partial charge >= 0.3 is 0 Å². The van der Waals surface area contributed by atoms with Gasteiger partial charge in [-0.3, -0.25) is 9.69 Å². The number of rotatable bonds is 4. The van der Waals surface area contributed by atoms with Crippen molar-refractivity contribution in [2.75, 3.05) is 13.1 Å². The monoisotopic (exact) mass is 362 g/mol. The number of hydrogen-bond donors (Lipinski definition) is 1. The third kappa shape index (κ3) is 4.73. The summed E-state index contributed by atoms with van der Waals surface area (Å²) in [6.07, 6.45) is 2.07. The van der Waals surface area contributed by atoms with Gasteiger partial charge in [0, 0.05) is 34.7 Å². The molecule has 1 aliphatic heterocycles. The van der Waals surface area contributed by atoms with Crippen LogP contribution in [0.3, 0.4) is 0 Å². The molecule has 0 spiro atoms. The van der Waals surface area contributed by atoms with Crippen molar-refractivity contribution in [3.05, 3.63) is 69.7 Å². The fourth-order valence-electron chi connectivity index (χ4n) is 3.11. The van der Waals surface area contributed by atoms with E-state index in [4.69, 9.17) is 23.2 Å². The largest absolute Gasteiger partial charge is 0.348 e. The number of amides is 1. The van der Waals surface area contributed by atoms with E-state index in [9.17, 15) is 4.79 Å². The highest BCUT2D eigenvalue weighted by atomic mass is 35.5. The molecule has 1 fully saturated rings. The van der Waals surface area contributed by atoms with E-state index in [1.165, 1.54) is 5.56 Å². The number of halogens is 2. The van der Waals surface area contributed by atoms with Gasteiger partial charge in [0.1, 0.15) is 0 Å². The fourth-order valence-corrected chi connectivity index (χ4v) is 3.64. The number of carbonyl (C=O) groups is 1. The molecule has 1 heterocycles. The molecule has 0 radical (unpaired) electrons. The van der Waals surface area contributed by atoms with Crippen molar-refractivity contribution in [3.8, 4) is 0 Å². The van der Waals surface area contributed by atoms with Gasteiger partial charge in [-0.15, -0.1) is 0 Å². The molecule has 0 aliphatic carbocycles. The smallest absolute Gasteiger partial charge is 0.251 e. The average Bonchev–Trinajstić information content (AvgIpc) is 2.55. The number of hydrogen-bond acceptors (Lipinski definition) is 2. The van der Waals surface area contributed by atoms with Gasteiger partial charge in [-0.2, -0.15) is 0 Å². The molecule has 0 aromatic heterocycles. The number of benzene rings is 2. The summed E-state index contributed by atoms with van der Waals surface area (Å²) in [5.74, 6) is -0.119. The molecule has 2 aromatic carbocycles. The summed E-state index contributed by atoms with van der Waals surface area (Å²) in [7, 11) is 0. The molecule has 0 saturated carbocycles. The van der Waals surface area contributed by atoms with Gasteiger partial charge in [0.05, 0.1) is 0 Å². The van der Waals surface area contributed by atoms with Crippen molar-refractivity contribution in [3.63, 3.8) is 0 Å². The summed E-state index contributed by atoms with van der Waals surface area (Å²) in [6, 6.07) is 15.5. The minimum Gasteiger partial charge on any atom is -0.348 e. The Kier molecular flexibility index (Phi) is 5.77. The highest BCUT2D eigenvalue weighted by Crippen LogP contribution is 2.20. The van der Waals surface area contributed by atoms with Gasteiger partial charge < -0.3 is 5.32 Å². The highest BCUT2D eigenvalue weighted by Gasteiger charge is 2.22. The number of piperidine rings is 1. The Hall–Kier alpha value is -1.55. The van der Waals surface area contributed by atoms with Crippen LogP contribution in [0.15, 0.2) is 48.5 Å². The molecule has 3 rings (SSSR count). The number of nitrogens with one attached hydrogen (secondary N) is 1. The van der Waals surface area contributed by atoms with E-state index in [0.717, 1.165) is 32.5 Å². The van der Waals surface area contributed by atoms with E-state index in [1.54, 1.807) is 18.2 Å². The van der Waals surface area contributed by atoms with Crippen molar-refractivity contribution in [1.82, 2.24) is 10.2 Å². The zero-order chi connectivity index (χ0) is 16.9. The molecule has 2 aromatic rings. The maximum absolute atomic E-state index is 12.4. The Morgan fingerprint density at radius 2 is 1.83 bits per heavy atom. The van der Waals surface area contributed by atoms with Gasteiger partial charge in [-0.05, 0) is 43.1 Å². The summed E-state index contributed by atoms with van der Waals surface area (Å²) in [4.78, 5) is 14.8. The molecule has 5 heteroatoms. The molecule has 126 valence electrons. The summed E-state index contributed by atoms with van der Waals surface area (Å²) < 4.78 is 0. The van der Waals surface area contributed by atoms with Gasteiger partial charge in [-0.25, -0.2) is 0 Å². The van der Waals surface area contributed by atoms with Crippen LogP contribution in [0.25, 0.3) is 0 Å². The Labute approximate surface area is 152 Å². The predicted octanol–water partition coefficient (Wildman–Crippen LogP) is 4.39. The fraction of sp³-hybridized carbons (Fsp3) is 0.316. The van der Waals surface area contributed by atoms with Crippen LogP contribution >= 0.6 is 23.2 Å². The van der Waals surface area contributed by atoms with Crippen molar-refractivity contribution < 1.29 is 4.79 Å². The molecule has 1 atom stereocenters. The van der Waals surface area contributed by atoms with Crippen molar-refractivity contribution in [1.29, 1.82) is 0 Å². The lowest BCUT2D eigenvalue weighted by molar-refractivity contribution is 0.0901. The predicted molar refractivity (Wildman–Crippen MR) is 98.7 cm³/mol. The van der Waals surface area contributed by atoms with E-state index < -0.39 is 0 Å². The van der Waals surface area contributed by atoms with E-state index in [-0.39, 0.29) is 11.9 Å². The maximum atomic E-state index is 12.4. The standard InChI is InChI=1S/C19H20Cl2N2O/c20-16-9-15(10-17(21)11-16)19(24)22-18-7-4-8-23(13-18)12-14-5-2-1-3-6-14/h1-3,5-6,9-11,18H,4,7-8,12-13H2,(H,22,24)/t18-/m1/s1. The topological polar surface area (TPSA) is 32.3 Å². The minimum absolute atomic E-state index is 0.119. The number of likely N-dealkylation sites (tertiary alicyclic amines) is 1. The highest BCUT2D eigenvalue weighted by molar-refractivity contribution is 6.35.